The molecule has 1 aromatic carbocycles. The predicted molar refractivity (Wildman–Crippen MR) is 104 cm³/mol. The van der Waals surface area contributed by atoms with Gasteiger partial charge in [-0.05, 0) is 57.7 Å². The topological polar surface area (TPSA) is 57.8 Å². The van der Waals surface area contributed by atoms with Crippen LogP contribution in [0.4, 0.5) is 0 Å². The molecule has 0 saturated carbocycles. The highest BCUT2D eigenvalue weighted by molar-refractivity contribution is 7.09. The second-order valence-electron chi connectivity index (χ2n) is 6.72. The largest absolute Gasteiger partial charge is 0.358 e. The van der Waals surface area contributed by atoms with Gasteiger partial charge in [0.05, 0.1) is 17.6 Å². The lowest BCUT2D eigenvalue weighted by molar-refractivity contribution is -0.120. The van der Waals surface area contributed by atoms with Gasteiger partial charge < -0.3 is 10.3 Å². The third-order valence-corrected chi connectivity index (χ3v) is 5.65. The fourth-order valence-electron chi connectivity index (χ4n) is 3.33. The van der Waals surface area contributed by atoms with E-state index in [-0.39, 0.29) is 5.91 Å². The molecule has 132 valence electrons. The van der Waals surface area contributed by atoms with Crippen LogP contribution in [0.25, 0.3) is 10.9 Å². The molecule has 5 heteroatoms. The van der Waals surface area contributed by atoms with Crippen molar-refractivity contribution in [2.75, 3.05) is 6.54 Å². The minimum absolute atomic E-state index is 0.0872. The van der Waals surface area contributed by atoms with Crippen molar-refractivity contribution in [3.8, 4) is 0 Å². The van der Waals surface area contributed by atoms with Gasteiger partial charge in [0.2, 0.25) is 5.91 Å². The number of nitrogens with one attached hydrogen (secondary N) is 2. The smallest absolute Gasteiger partial charge is 0.224 e. The van der Waals surface area contributed by atoms with E-state index in [0.29, 0.717) is 13.0 Å². The van der Waals surface area contributed by atoms with Gasteiger partial charge in [0.15, 0.2) is 0 Å². The van der Waals surface area contributed by atoms with Crippen LogP contribution >= 0.6 is 11.3 Å². The van der Waals surface area contributed by atoms with E-state index < -0.39 is 0 Å². The fraction of sp³-hybridized carbons (Fsp3) is 0.400. The molecule has 0 unspecified atom stereocenters. The number of benzene rings is 1. The number of amides is 1. The first-order chi connectivity index (χ1) is 12.0. The molecule has 0 atom stereocenters. The maximum atomic E-state index is 12.4. The van der Waals surface area contributed by atoms with E-state index >= 15 is 0 Å². The maximum absolute atomic E-state index is 12.4. The highest BCUT2D eigenvalue weighted by Crippen LogP contribution is 2.26. The molecule has 2 heterocycles. The Morgan fingerprint density at radius 2 is 2.04 bits per heavy atom. The van der Waals surface area contributed by atoms with Gasteiger partial charge in [0, 0.05) is 28.0 Å². The quantitative estimate of drug-likeness (QED) is 0.653. The number of carbonyl (C=O) groups excluding carboxylic acids is 1. The number of carbonyl (C=O) groups is 1. The molecular formula is C20H25N3OS. The molecule has 0 radical (unpaired) electrons. The SMILES string of the molecule is Cc1cc(C)c2[nH]c(C)c(CC(=O)NCCCc3scnc3C)c2c1. The van der Waals surface area contributed by atoms with Crippen LogP contribution in [0.2, 0.25) is 0 Å². The highest BCUT2D eigenvalue weighted by atomic mass is 32.1. The monoisotopic (exact) mass is 355 g/mol. The van der Waals surface area contributed by atoms with Gasteiger partial charge in [-0.25, -0.2) is 4.98 Å². The third-order valence-electron chi connectivity index (χ3n) is 4.66. The number of nitrogens with zero attached hydrogens (tertiary/aromatic N) is 1. The molecule has 3 aromatic rings. The van der Waals surface area contributed by atoms with Crippen LogP contribution in [0.3, 0.4) is 0 Å². The van der Waals surface area contributed by atoms with Crippen LogP contribution in [0.15, 0.2) is 17.6 Å². The Bertz CT molecular complexity index is 907. The predicted octanol–water partition coefficient (Wildman–Crippen LogP) is 4.15. The van der Waals surface area contributed by atoms with Gasteiger partial charge in [-0.3, -0.25) is 4.79 Å². The van der Waals surface area contributed by atoms with E-state index in [1.807, 2.05) is 19.4 Å². The highest BCUT2D eigenvalue weighted by Gasteiger charge is 2.14. The maximum Gasteiger partial charge on any atom is 0.224 e. The van der Waals surface area contributed by atoms with Crippen molar-refractivity contribution in [1.29, 1.82) is 0 Å². The van der Waals surface area contributed by atoms with Crippen molar-refractivity contribution in [2.24, 2.45) is 0 Å². The molecule has 0 fully saturated rings. The van der Waals surface area contributed by atoms with E-state index in [1.54, 1.807) is 11.3 Å². The summed E-state index contributed by atoms with van der Waals surface area (Å²) in [7, 11) is 0. The van der Waals surface area contributed by atoms with E-state index in [4.69, 9.17) is 0 Å². The lowest BCUT2D eigenvalue weighted by Gasteiger charge is -2.06. The minimum atomic E-state index is 0.0872. The Kier molecular flexibility index (Phi) is 5.23. The summed E-state index contributed by atoms with van der Waals surface area (Å²) < 4.78 is 0. The molecule has 1 amide bonds. The Morgan fingerprint density at radius 1 is 1.24 bits per heavy atom. The molecule has 4 nitrogen and oxygen atoms in total. The Labute approximate surface area is 152 Å². The van der Waals surface area contributed by atoms with Gasteiger partial charge >= 0.3 is 0 Å². The molecule has 0 saturated heterocycles. The summed E-state index contributed by atoms with van der Waals surface area (Å²) in [5.74, 6) is 0.0872. The van der Waals surface area contributed by atoms with Crippen molar-refractivity contribution in [3.05, 3.63) is 50.6 Å². The number of aryl methyl sites for hydroxylation is 5. The summed E-state index contributed by atoms with van der Waals surface area (Å²) in [4.78, 5) is 21.4. The first-order valence-corrected chi connectivity index (χ1v) is 9.57. The van der Waals surface area contributed by atoms with E-state index in [1.165, 1.54) is 21.4 Å². The molecule has 0 aliphatic heterocycles. The number of thiazole rings is 1. The number of hydrogen-bond donors (Lipinski definition) is 2. The number of aromatic amines is 1. The summed E-state index contributed by atoms with van der Waals surface area (Å²) in [5.41, 5.74) is 8.78. The molecule has 0 aliphatic rings. The van der Waals surface area contributed by atoms with Crippen LogP contribution in [-0.4, -0.2) is 22.4 Å². The zero-order valence-corrected chi connectivity index (χ0v) is 16.1. The van der Waals surface area contributed by atoms with Gasteiger partial charge in [-0.15, -0.1) is 11.3 Å². The second-order valence-corrected chi connectivity index (χ2v) is 7.66. The van der Waals surface area contributed by atoms with E-state index in [0.717, 1.165) is 35.3 Å². The van der Waals surface area contributed by atoms with Crippen molar-refractivity contribution < 1.29 is 4.79 Å². The third kappa shape index (κ3) is 3.93. The van der Waals surface area contributed by atoms with E-state index in [2.05, 4.69) is 41.3 Å². The molecule has 2 aromatic heterocycles. The molecule has 25 heavy (non-hydrogen) atoms. The lowest BCUT2D eigenvalue weighted by Crippen LogP contribution is -2.26. The first-order valence-electron chi connectivity index (χ1n) is 8.69. The van der Waals surface area contributed by atoms with Crippen LogP contribution in [0.1, 0.15) is 39.4 Å². The van der Waals surface area contributed by atoms with Gasteiger partial charge in [0.1, 0.15) is 0 Å². The number of H-pyrrole nitrogens is 1. The van der Waals surface area contributed by atoms with Gasteiger partial charge in [-0.1, -0.05) is 11.6 Å². The summed E-state index contributed by atoms with van der Waals surface area (Å²) >= 11 is 1.69. The summed E-state index contributed by atoms with van der Waals surface area (Å²) in [5, 5.41) is 4.23. The Balaban J connectivity index is 1.60. The lowest BCUT2D eigenvalue weighted by atomic mass is 10.0. The first kappa shape index (κ1) is 17.7. The van der Waals surface area contributed by atoms with Crippen molar-refractivity contribution in [2.45, 2.75) is 47.0 Å². The van der Waals surface area contributed by atoms with Gasteiger partial charge in [-0.2, -0.15) is 0 Å². The van der Waals surface area contributed by atoms with Crippen LogP contribution in [-0.2, 0) is 17.6 Å². The molecule has 0 spiro atoms. The van der Waals surface area contributed by atoms with Crippen LogP contribution in [0.5, 0.6) is 0 Å². The second kappa shape index (κ2) is 7.40. The van der Waals surface area contributed by atoms with Crippen LogP contribution < -0.4 is 5.32 Å². The number of fused-ring (bicyclic) bond motifs is 1. The Morgan fingerprint density at radius 3 is 2.76 bits per heavy atom. The average Bonchev–Trinajstić information content (AvgIpc) is 3.09. The van der Waals surface area contributed by atoms with E-state index in [9.17, 15) is 4.79 Å². The average molecular weight is 356 g/mol. The summed E-state index contributed by atoms with van der Waals surface area (Å²) in [6.45, 7) is 8.99. The van der Waals surface area contributed by atoms with Gasteiger partial charge in [0.25, 0.3) is 0 Å². The van der Waals surface area contributed by atoms with Crippen LogP contribution in [0, 0.1) is 27.7 Å². The fourth-order valence-corrected chi connectivity index (χ4v) is 4.15. The summed E-state index contributed by atoms with van der Waals surface area (Å²) in [6.07, 6.45) is 2.34. The zero-order chi connectivity index (χ0) is 18.0. The normalized spacial score (nSPS) is 11.2. The zero-order valence-electron chi connectivity index (χ0n) is 15.3. The van der Waals surface area contributed by atoms with Crippen molar-refractivity contribution in [3.63, 3.8) is 0 Å². The molecular weight excluding hydrogens is 330 g/mol. The number of hydrogen-bond acceptors (Lipinski definition) is 3. The Hall–Kier alpha value is -2.14. The molecule has 0 aliphatic carbocycles. The summed E-state index contributed by atoms with van der Waals surface area (Å²) in [6, 6.07) is 4.34. The molecule has 0 bridgehead atoms. The van der Waals surface area contributed by atoms with Crippen molar-refractivity contribution >= 4 is 28.1 Å². The minimum Gasteiger partial charge on any atom is -0.358 e. The number of aromatic nitrogens is 2. The standard InChI is InChI=1S/C20H25N3OS/c1-12-8-13(2)20-17(9-12)16(14(3)23-20)10-19(24)21-7-5-6-18-15(4)22-11-25-18/h8-9,11,23H,5-7,10H2,1-4H3,(H,21,24). The number of rotatable bonds is 6. The molecule has 2 N–H and O–H groups in total. The molecule has 3 rings (SSSR count). The van der Waals surface area contributed by atoms with Crippen molar-refractivity contribution in [1.82, 2.24) is 15.3 Å².